The number of hydrogen-bond acceptors (Lipinski definition) is 3. The first-order valence-electron chi connectivity index (χ1n) is 7.15. The van der Waals surface area contributed by atoms with Crippen LogP contribution in [-0.2, 0) is 6.54 Å². The topological polar surface area (TPSA) is 46.9 Å². The molecule has 0 aliphatic rings. The highest BCUT2D eigenvalue weighted by molar-refractivity contribution is 7.12. The summed E-state index contributed by atoms with van der Waals surface area (Å²) >= 11 is 7.28. The lowest BCUT2D eigenvalue weighted by Crippen LogP contribution is -2.11. The summed E-state index contributed by atoms with van der Waals surface area (Å²) in [6.45, 7) is 4.59. The van der Waals surface area contributed by atoms with Crippen LogP contribution >= 0.6 is 22.9 Å². The van der Waals surface area contributed by atoms with Crippen LogP contribution in [0.1, 0.15) is 26.4 Å². The summed E-state index contributed by atoms with van der Waals surface area (Å²) in [5.41, 5.74) is 4.05. The highest BCUT2D eigenvalue weighted by Gasteiger charge is 2.11. The SMILES string of the molecule is Cc1ccc(C)c(NC(=O)c2cc(Cn3cc(Cl)cn3)cs2)c1. The Labute approximate surface area is 143 Å². The zero-order valence-electron chi connectivity index (χ0n) is 12.8. The van der Waals surface area contributed by atoms with Crippen LogP contribution in [0.2, 0.25) is 5.02 Å². The zero-order chi connectivity index (χ0) is 16.4. The first kappa shape index (κ1) is 15.8. The van der Waals surface area contributed by atoms with Gasteiger partial charge in [0.2, 0.25) is 0 Å². The molecule has 0 saturated carbocycles. The van der Waals surface area contributed by atoms with Crippen molar-refractivity contribution in [3.63, 3.8) is 0 Å². The van der Waals surface area contributed by atoms with Crippen LogP contribution in [0.4, 0.5) is 5.69 Å². The minimum Gasteiger partial charge on any atom is -0.321 e. The number of thiophene rings is 1. The highest BCUT2D eigenvalue weighted by Crippen LogP contribution is 2.21. The van der Waals surface area contributed by atoms with Gasteiger partial charge in [-0.25, -0.2) is 0 Å². The molecule has 0 aliphatic carbocycles. The van der Waals surface area contributed by atoms with Gasteiger partial charge < -0.3 is 5.32 Å². The van der Waals surface area contributed by atoms with E-state index in [-0.39, 0.29) is 5.91 Å². The molecule has 2 heterocycles. The monoisotopic (exact) mass is 345 g/mol. The van der Waals surface area contributed by atoms with Gasteiger partial charge in [-0.3, -0.25) is 9.48 Å². The van der Waals surface area contributed by atoms with Gasteiger partial charge in [0, 0.05) is 11.9 Å². The number of benzene rings is 1. The summed E-state index contributed by atoms with van der Waals surface area (Å²) in [6.07, 6.45) is 3.36. The standard InChI is InChI=1S/C17H16ClN3OS/c1-11-3-4-12(2)15(5-11)20-17(22)16-6-13(10-23-16)8-21-9-14(18)7-19-21/h3-7,9-10H,8H2,1-2H3,(H,20,22). The second kappa shape index (κ2) is 6.56. The minimum atomic E-state index is -0.0894. The van der Waals surface area contributed by atoms with E-state index in [0.29, 0.717) is 16.4 Å². The van der Waals surface area contributed by atoms with E-state index in [1.807, 2.05) is 43.5 Å². The number of anilines is 1. The van der Waals surface area contributed by atoms with Crippen LogP contribution in [0.25, 0.3) is 0 Å². The molecule has 1 amide bonds. The molecule has 0 bridgehead atoms. The lowest BCUT2D eigenvalue weighted by Gasteiger charge is -2.08. The molecule has 4 nitrogen and oxygen atoms in total. The smallest absolute Gasteiger partial charge is 0.265 e. The van der Waals surface area contributed by atoms with Crippen molar-refractivity contribution >= 4 is 34.5 Å². The molecule has 118 valence electrons. The lowest BCUT2D eigenvalue weighted by molar-refractivity contribution is 0.103. The minimum absolute atomic E-state index is 0.0894. The van der Waals surface area contributed by atoms with Crippen LogP contribution in [0, 0.1) is 13.8 Å². The number of nitrogens with one attached hydrogen (secondary N) is 1. The Morgan fingerprint density at radius 2 is 2.17 bits per heavy atom. The summed E-state index contributed by atoms with van der Waals surface area (Å²) in [5.74, 6) is -0.0894. The van der Waals surface area contributed by atoms with Crippen molar-refractivity contribution in [2.75, 3.05) is 5.32 Å². The Kier molecular flexibility index (Phi) is 4.50. The van der Waals surface area contributed by atoms with Crippen LogP contribution < -0.4 is 5.32 Å². The third kappa shape index (κ3) is 3.81. The van der Waals surface area contributed by atoms with E-state index in [1.54, 1.807) is 17.1 Å². The zero-order valence-corrected chi connectivity index (χ0v) is 14.4. The van der Waals surface area contributed by atoms with Crippen molar-refractivity contribution in [3.05, 3.63) is 68.6 Å². The van der Waals surface area contributed by atoms with Gasteiger partial charge in [-0.1, -0.05) is 23.7 Å². The number of aromatic nitrogens is 2. The van der Waals surface area contributed by atoms with Crippen molar-refractivity contribution in [1.29, 1.82) is 0 Å². The number of amides is 1. The Morgan fingerprint density at radius 3 is 2.91 bits per heavy atom. The number of hydrogen-bond donors (Lipinski definition) is 1. The van der Waals surface area contributed by atoms with Gasteiger partial charge in [0.15, 0.2) is 0 Å². The number of carbonyl (C=O) groups is 1. The molecule has 0 saturated heterocycles. The Bertz CT molecular complexity index is 853. The summed E-state index contributed by atoms with van der Waals surface area (Å²) in [6, 6.07) is 7.91. The summed E-state index contributed by atoms with van der Waals surface area (Å²) in [4.78, 5) is 13.1. The number of halogens is 1. The van der Waals surface area contributed by atoms with E-state index in [1.165, 1.54) is 11.3 Å². The van der Waals surface area contributed by atoms with Gasteiger partial charge >= 0.3 is 0 Å². The predicted octanol–water partition coefficient (Wildman–Crippen LogP) is 4.52. The molecule has 1 aromatic carbocycles. The van der Waals surface area contributed by atoms with E-state index in [4.69, 9.17) is 11.6 Å². The fourth-order valence-electron chi connectivity index (χ4n) is 2.24. The second-order valence-corrected chi connectivity index (χ2v) is 6.80. The van der Waals surface area contributed by atoms with Crippen LogP contribution in [0.5, 0.6) is 0 Å². The molecule has 3 aromatic rings. The van der Waals surface area contributed by atoms with Crippen molar-refractivity contribution in [1.82, 2.24) is 9.78 Å². The normalized spacial score (nSPS) is 10.7. The van der Waals surface area contributed by atoms with Gasteiger partial charge in [-0.2, -0.15) is 5.10 Å². The van der Waals surface area contributed by atoms with Gasteiger partial charge in [-0.15, -0.1) is 11.3 Å². The third-order valence-electron chi connectivity index (χ3n) is 3.47. The Hall–Kier alpha value is -2.11. The molecule has 0 atom stereocenters. The highest BCUT2D eigenvalue weighted by atomic mass is 35.5. The van der Waals surface area contributed by atoms with Gasteiger partial charge in [0.1, 0.15) is 0 Å². The second-order valence-electron chi connectivity index (χ2n) is 5.45. The molecule has 0 aliphatic heterocycles. The van der Waals surface area contributed by atoms with Crippen molar-refractivity contribution in [2.24, 2.45) is 0 Å². The maximum absolute atomic E-state index is 12.4. The molecule has 23 heavy (non-hydrogen) atoms. The summed E-state index contributed by atoms with van der Waals surface area (Å²) in [5, 5.41) is 9.69. The Balaban J connectivity index is 1.72. The fourth-order valence-corrected chi connectivity index (χ4v) is 3.20. The van der Waals surface area contributed by atoms with Crippen molar-refractivity contribution in [3.8, 4) is 0 Å². The van der Waals surface area contributed by atoms with E-state index in [2.05, 4.69) is 10.4 Å². The summed E-state index contributed by atoms with van der Waals surface area (Å²) < 4.78 is 1.75. The third-order valence-corrected chi connectivity index (χ3v) is 4.64. The van der Waals surface area contributed by atoms with Gasteiger partial charge in [0.25, 0.3) is 5.91 Å². The quantitative estimate of drug-likeness (QED) is 0.756. The van der Waals surface area contributed by atoms with Crippen LogP contribution in [-0.4, -0.2) is 15.7 Å². The fraction of sp³-hybridized carbons (Fsp3) is 0.176. The number of nitrogens with zero attached hydrogens (tertiary/aromatic N) is 2. The lowest BCUT2D eigenvalue weighted by atomic mass is 10.1. The van der Waals surface area contributed by atoms with Crippen molar-refractivity contribution in [2.45, 2.75) is 20.4 Å². The number of carbonyl (C=O) groups excluding carboxylic acids is 1. The largest absolute Gasteiger partial charge is 0.321 e. The number of rotatable bonds is 4. The summed E-state index contributed by atoms with van der Waals surface area (Å²) in [7, 11) is 0. The van der Waals surface area contributed by atoms with E-state index < -0.39 is 0 Å². The average molecular weight is 346 g/mol. The maximum atomic E-state index is 12.4. The molecular formula is C17H16ClN3OS. The van der Waals surface area contributed by atoms with E-state index in [9.17, 15) is 4.79 Å². The molecule has 0 spiro atoms. The first-order valence-corrected chi connectivity index (χ1v) is 8.41. The van der Waals surface area contributed by atoms with Gasteiger partial charge in [-0.05, 0) is 48.1 Å². The first-order chi connectivity index (χ1) is 11.0. The van der Waals surface area contributed by atoms with Gasteiger partial charge in [0.05, 0.1) is 22.6 Å². The maximum Gasteiger partial charge on any atom is 0.265 e. The van der Waals surface area contributed by atoms with Crippen molar-refractivity contribution < 1.29 is 4.79 Å². The molecule has 6 heteroatoms. The predicted molar refractivity (Wildman–Crippen MR) is 94.5 cm³/mol. The number of aryl methyl sites for hydroxylation is 2. The van der Waals surface area contributed by atoms with E-state index >= 15 is 0 Å². The van der Waals surface area contributed by atoms with E-state index in [0.717, 1.165) is 22.4 Å². The molecule has 2 aromatic heterocycles. The average Bonchev–Trinajstić information content (AvgIpc) is 3.13. The molecule has 0 radical (unpaired) electrons. The van der Waals surface area contributed by atoms with Crippen LogP contribution in [0.3, 0.4) is 0 Å². The molecule has 3 rings (SSSR count). The van der Waals surface area contributed by atoms with Crippen LogP contribution in [0.15, 0.2) is 42.0 Å². The Morgan fingerprint density at radius 1 is 1.35 bits per heavy atom. The molecule has 0 fully saturated rings. The molecule has 1 N–H and O–H groups in total. The molecule has 0 unspecified atom stereocenters. The molecular weight excluding hydrogens is 330 g/mol.